The molecule has 0 radical (unpaired) electrons. The highest BCUT2D eigenvalue weighted by Gasteiger charge is 2.20. The predicted octanol–water partition coefficient (Wildman–Crippen LogP) is 1.81. The van der Waals surface area contributed by atoms with Crippen LogP contribution in [0.3, 0.4) is 0 Å². The molecular formula is C15H24FN3. The summed E-state index contributed by atoms with van der Waals surface area (Å²) in [7, 11) is 4.28. The van der Waals surface area contributed by atoms with Gasteiger partial charge in [-0.2, -0.15) is 0 Å². The first kappa shape index (κ1) is 14.4. The molecule has 0 aliphatic carbocycles. The van der Waals surface area contributed by atoms with Gasteiger partial charge in [-0.15, -0.1) is 0 Å². The third-order valence-electron chi connectivity index (χ3n) is 3.95. The molecule has 1 aliphatic rings. The molecule has 1 heterocycles. The zero-order valence-electron chi connectivity index (χ0n) is 11.9. The summed E-state index contributed by atoms with van der Waals surface area (Å²) in [6.07, 6.45) is 2.37. The third-order valence-corrected chi connectivity index (χ3v) is 3.95. The number of piperidine rings is 1. The molecular weight excluding hydrogens is 241 g/mol. The predicted molar refractivity (Wildman–Crippen MR) is 76.3 cm³/mol. The molecule has 0 aromatic heterocycles. The van der Waals surface area contributed by atoms with Gasteiger partial charge in [0.1, 0.15) is 5.82 Å². The quantitative estimate of drug-likeness (QED) is 0.901. The lowest BCUT2D eigenvalue weighted by Gasteiger charge is -2.35. The Bertz CT molecular complexity index is 412. The number of nitrogens with two attached hydrogens (primary N) is 1. The van der Waals surface area contributed by atoms with E-state index in [0.717, 1.165) is 30.8 Å². The van der Waals surface area contributed by atoms with Crippen LogP contribution < -0.4 is 5.73 Å². The monoisotopic (exact) mass is 265 g/mol. The van der Waals surface area contributed by atoms with Crippen molar-refractivity contribution in [2.75, 3.05) is 27.2 Å². The molecule has 1 saturated heterocycles. The number of nitrogens with zero attached hydrogens (tertiary/aromatic N) is 2. The van der Waals surface area contributed by atoms with Crippen molar-refractivity contribution in [3.05, 3.63) is 35.1 Å². The fourth-order valence-corrected chi connectivity index (χ4v) is 2.78. The van der Waals surface area contributed by atoms with Gasteiger partial charge in [0.25, 0.3) is 0 Å². The van der Waals surface area contributed by atoms with Crippen LogP contribution in [-0.4, -0.2) is 43.0 Å². The average molecular weight is 265 g/mol. The van der Waals surface area contributed by atoms with Crippen LogP contribution >= 0.6 is 0 Å². The molecule has 19 heavy (non-hydrogen) atoms. The summed E-state index contributed by atoms with van der Waals surface area (Å²) in [5.74, 6) is -0.180. The molecule has 1 aromatic carbocycles. The lowest BCUT2D eigenvalue weighted by atomic mass is 10.0. The van der Waals surface area contributed by atoms with Crippen LogP contribution in [0.2, 0.25) is 0 Å². The first-order chi connectivity index (χ1) is 9.08. The second-order valence-electron chi connectivity index (χ2n) is 5.64. The van der Waals surface area contributed by atoms with Crippen molar-refractivity contribution >= 4 is 0 Å². The van der Waals surface area contributed by atoms with Gasteiger partial charge < -0.3 is 10.6 Å². The summed E-state index contributed by atoms with van der Waals surface area (Å²) >= 11 is 0. The van der Waals surface area contributed by atoms with E-state index in [1.165, 1.54) is 18.9 Å². The smallest absolute Gasteiger partial charge is 0.123 e. The van der Waals surface area contributed by atoms with Crippen molar-refractivity contribution in [2.24, 2.45) is 5.73 Å². The van der Waals surface area contributed by atoms with Crippen molar-refractivity contribution < 1.29 is 4.39 Å². The number of hydrogen-bond donors (Lipinski definition) is 1. The molecule has 1 fully saturated rings. The van der Waals surface area contributed by atoms with E-state index < -0.39 is 0 Å². The van der Waals surface area contributed by atoms with E-state index in [4.69, 9.17) is 5.73 Å². The molecule has 1 aliphatic heterocycles. The standard InChI is InChI=1S/C15H24FN3/c1-18(2)15-3-5-19(6-4-15)11-13-7-12(10-17)8-14(16)9-13/h7-9,15H,3-6,10-11,17H2,1-2H3. The lowest BCUT2D eigenvalue weighted by Crippen LogP contribution is -2.41. The van der Waals surface area contributed by atoms with E-state index in [1.807, 2.05) is 6.07 Å². The van der Waals surface area contributed by atoms with Crippen LogP contribution in [0.5, 0.6) is 0 Å². The van der Waals surface area contributed by atoms with E-state index >= 15 is 0 Å². The Morgan fingerprint density at radius 1 is 1.21 bits per heavy atom. The zero-order chi connectivity index (χ0) is 13.8. The maximum absolute atomic E-state index is 13.5. The van der Waals surface area contributed by atoms with Crippen LogP contribution in [0, 0.1) is 5.82 Å². The molecule has 3 nitrogen and oxygen atoms in total. The Kier molecular flexibility index (Phi) is 4.91. The largest absolute Gasteiger partial charge is 0.326 e. The molecule has 2 rings (SSSR count). The van der Waals surface area contributed by atoms with Crippen molar-refractivity contribution in [3.63, 3.8) is 0 Å². The first-order valence-electron chi connectivity index (χ1n) is 6.95. The number of halogens is 1. The van der Waals surface area contributed by atoms with E-state index in [-0.39, 0.29) is 5.82 Å². The molecule has 1 aromatic rings. The minimum absolute atomic E-state index is 0.180. The first-order valence-corrected chi connectivity index (χ1v) is 6.95. The average Bonchev–Trinajstić information content (AvgIpc) is 2.38. The van der Waals surface area contributed by atoms with E-state index in [9.17, 15) is 4.39 Å². The number of rotatable bonds is 4. The van der Waals surface area contributed by atoms with Crippen LogP contribution in [0.25, 0.3) is 0 Å². The van der Waals surface area contributed by atoms with Crippen LogP contribution in [0.4, 0.5) is 4.39 Å². The van der Waals surface area contributed by atoms with Crippen LogP contribution in [0.15, 0.2) is 18.2 Å². The van der Waals surface area contributed by atoms with Crippen LogP contribution in [-0.2, 0) is 13.1 Å². The highest BCUT2D eigenvalue weighted by atomic mass is 19.1. The van der Waals surface area contributed by atoms with Crippen molar-refractivity contribution in [2.45, 2.75) is 32.0 Å². The topological polar surface area (TPSA) is 32.5 Å². The molecule has 0 atom stereocenters. The van der Waals surface area contributed by atoms with Gasteiger partial charge in [-0.05, 0) is 63.3 Å². The van der Waals surface area contributed by atoms with E-state index in [2.05, 4.69) is 23.9 Å². The molecule has 0 bridgehead atoms. The molecule has 0 spiro atoms. The van der Waals surface area contributed by atoms with E-state index in [0.29, 0.717) is 12.6 Å². The second-order valence-corrected chi connectivity index (χ2v) is 5.64. The summed E-state index contributed by atoms with van der Waals surface area (Å²) in [6.45, 7) is 3.38. The van der Waals surface area contributed by atoms with Crippen molar-refractivity contribution in [3.8, 4) is 0 Å². The van der Waals surface area contributed by atoms with Crippen LogP contribution in [0.1, 0.15) is 24.0 Å². The summed E-state index contributed by atoms with van der Waals surface area (Å²) in [6, 6.07) is 5.84. The zero-order valence-corrected chi connectivity index (χ0v) is 11.9. The van der Waals surface area contributed by atoms with Gasteiger partial charge in [0.15, 0.2) is 0 Å². The number of benzene rings is 1. The molecule has 4 heteroatoms. The number of hydrogen-bond acceptors (Lipinski definition) is 3. The van der Waals surface area contributed by atoms with Crippen molar-refractivity contribution in [1.82, 2.24) is 9.80 Å². The van der Waals surface area contributed by atoms with Gasteiger partial charge in [0, 0.05) is 19.1 Å². The molecule has 0 saturated carbocycles. The SMILES string of the molecule is CN(C)C1CCN(Cc2cc(F)cc(CN)c2)CC1. The fraction of sp³-hybridized carbons (Fsp3) is 0.600. The van der Waals surface area contributed by atoms with Crippen molar-refractivity contribution in [1.29, 1.82) is 0 Å². The lowest BCUT2D eigenvalue weighted by molar-refractivity contribution is 0.140. The highest BCUT2D eigenvalue weighted by Crippen LogP contribution is 2.18. The minimum Gasteiger partial charge on any atom is -0.326 e. The Balaban J connectivity index is 1.93. The maximum atomic E-state index is 13.5. The summed E-state index contributed by atoms with van der Waals surface area (Å²) in [5.41, 5.74) is 7.49. The van der Waals surface area contributed by atoms with Gasteiger partial charge in [0.2, 0.25) is 0 Å². The second kappa shape index (κ2) is 6.46. The molecule has 0 amide bonds. The number of likely N-dealkylation sites (tertiary alicyclic amines) is 1. The van der Waals surface area contributed by atoms with Gasteiger partial charge in [-0.1, -0.05) is 6.07 Å². The Labute approximate surface area is 115 Å². The maximum Gasteiger partial charge on any atom is 0.123 e. The summed E-state index contributed by atoms with van der Waals surface area (Å²) < 4.78 is 13.5. The van der Waals surface area contributed by atoms with Gasteiger partial charge >= 0.3 is 0 Å². The van der Waals surface area contributed by atoms with Gasteiger partial charge in [-0.3, -0.25) is 4.90 Å². The minimum atomic E-state index is -0.180. The highest BCUT2D eigenvalue weighted by molar-refractivity contribution is 5.24. The van der Waals surface area contributed by atoms with E-state index in [1.54, 1.807) is 6.07 Å². The van der Waals surface area contributed by atoms with Gasteiger partial charge in [-0.25, -0.2) is 4.39 Å². The normalized spacial score (nSPS) is 18.2. The third kappa shape index (κ3) is 4.00. The summed E-state index contributed by atoms with van der Waals surface area (Å²) in [4.78, 5) is 4.70. The molecule has 0 unspecified atom stereocenters. The van der Waals surface area contributed by atoms with Gasteiger partial charge in [0.05, 0.1) is 0 Å². The summed E-state index contributed by atoms with van der Waals surface area (Å²) in [5, 5.41) is 0. The molecule has 2 N–H and O–H groups in total. The Hall–Kier alpha value is -0.970. The Morgan fingerprint density at radius 2 is 1.84 bits per heavy atom. The fourth-order valence-electron chi connectivity index (χ4n) is 2.78. The molecule has 106 valence electrons. The Morgan fingerprint density at radius 3 is 2.42 bits per heavy atom.